The van der Waals surface area contributed by atoms with Crippen LogP contribution in [0.2, 0.25) is 0 Å². The van der Waals surface area contributed by atoms with Gasteiger partial charge in [-0.1, -0.05) is 6.07 Å². The number of rotatable bonds is 2. The molecule has 0 aliphatic carbocycles. The van der Waals surface area contributed by atoms with Crippen molar-refractivity contribution in [2.45, 2.75) is 0 Å². The summed E-state index contributed by atoms with van der Waals surface area (Å²) in [6.07, 6.45) is 1.34. The van der Waals surface area contributed by atoms with E-state index in [0.717, 1.165) is 0 Å². The van der Waals surface area contributed by atoms with Crippen LogP contribution in [0.5, 0.6) is 0 Å². The molecule has 0 aliphatic heterocycles. The summed E-state index contributed by atoms with van der Waals surface area (Å²) >= 11 is 1.82. The second kappa shape index (κ2) is 4.70. The maximum atomic E-state index is 13.2. The van der Waals surface area contributed by atoms with Gasteiger partial charge in [-0.2, -0.15) is 5.10 Å². The van der Waals surface area contributed by atoms with Crippen molar-refractivity contribution in [2.24, 2.45) is 0 Å². The van der Waals surface area contributed by atoms with Gasteiger partial charge in [-0.25, -0.2) is 4.39 Å². The van der Waals surface area contributed by atoms with Gasteiger partial charge in [0.25, 0.3) is 5.91 Å². The maximum absolute atomic E-state index is 13.2. The van der Waals surface area contributed by atoms with Gasteiger partial charge >= 0.3 is 0 Å². The molecule has 2 aromatic rings. The molecule has 1 heterocycles. The number of halogens is 2. The zero-order chi connectivity index (χ0) is 12.4. The Bertz CT molecular complexity index is 569. The molecule has 0 atom stereocenters. The largest absolute Gasteiger partial charge is 0.396 e. The molecule has 1 aromatic heterocycles. The van der Waals surface area contributed by atoms with E-state index < -0.39 is 5.91 Å². The number of amides is 1. The zero-order valence-electron chi connectivity index (χ0n) is 8.50. The minimum atomic E-state index is -0.455. The third-order valence-electron chi connectivity index (χ3n) is 2.10. The van der Waals surface area contributed by atoms with E-state index in [2.05, 4.69) is 15.5 Å². The van der Waals surface area contributed by atoms with Gasteiger partial charge in [-0.15, -0.1) is 0 Å². The van der Waals surface area contributed by atoms with Crippen LogP contribution in [0, 0.1) is 9.39 Å². The lowest BCUT2D eigenvalue weighted by Gasteiger charge is -2.06. The van der Waals surface area contributed by atoms with Crippen molar-refractivity contribution in [1.82, 2.24) is 10.2 Å². The van der Waals surface area contributed by atoms with Crippen LogP contribution in [0.15, 0.2) is 24.4 Å². The molecule has 0 aliphatic rings. The molecule has 0 saturated heterocycles. The molecule has 17 heavy (non-hydrogen) atoms. The van der Waals surface area contributed by atoms with Crippen LogP contribution >= 0.6 is 22.6 Å². The molecule has 0 fully saturated rings. The number of nitrogen functional groups attached to an aromatic ring is 1. The lowest BCUT2D eigenvalue weighted by molar-refractivity contribution is 0.102. The Morgan fingerprint density at radius 3 is 2.94 bits per heavy atom. The fraction of sp³-hybridized carbons (Fsp3) is 0. The van der Waals surface area contributed by atoms with E-state index in [1.807, 2.05) is 22.6 Å². The first-order valence-corrected chi connectivity index (χ1v) is 5.71. The third-order valence-corrected chi connectivity index (χ3v) is 3.19. The number of benzene rings is 1. The van der Waals surface area contributed by atoms with Crippen LogP contribution in [0.3, 0.4) is 0 Å². The number of nitrogens with two attached hydrogens (primary N) is 1. The number of carbonyl (C=O) groups is 1. The second-order valence-corrected chi connectivity index (χ2v) is 4.33. The van der Waals surface area contributed by atoms with E-state index in [9.17, 15) is 9.18 Å². The minimum absolute atomic E-state index is 0.157. The van der Waals surface area contributed by atoms with Crippen LogP contribution < -0.4 is 11.1 Å². The Hall–Kier alpha value is -1.64. The van der Waals surface area contributed by atoms with Crippen molar-refractivity contribution < 1.29 is 9.18 Å². The van der Waals surface area contributed by atoms with Gasteiger partial charge in [0.2, 0.25) is 0 Å². The van der Waals surface area contributed by atoms with Crippen LogP contribution in [-0.4, -0.2) is 16.1 Å². The first-order chi connectivity index (χ1) is 8.09. The number of nitrogens with one attached hydrogen (secondary N) is 2. The summed E-state index contributed by atoms with van der Waals surface area (Å²) in [5, 5.41) is 8.67. The van der Waals surface area contributed by atoms with Gasteiger partial charge in [0, 0.05) is 0 Å². The molecule has 0 radical (unpaired) electrons. The smallest absolute Gasteiger partial charge is 0.275 e. The highest BCUT2D eigenvalue weighted by atomic mass is 127. The van der Waals surface area contributed by atoms with Crippen molar-refractivity contribution in [2.75, 3.05) is 11.1 Å². The van der Waals surface area contributed by atoms with E-state index in [0.29, 0.717) is 9.26 Å². The highest BCUT2D eigenvalue weighted by Crippen LogP contribution is 2.21. The van der Waals surface area contributed by atoms with Crippen LogP contribution in [0.4, 0.5) is 15.8 Å². The Kier molecular flexibility index (Phi) is 3.27. The van der Waals surface area contributed by atoms with E-state index >= 15 is 0 Å². The van der Waals surface area contributed by atoms with Crippen molar-refractivity contribution >= 4 is 39.9 Å². The first-order valence-electron chi connectivity index (χ1n) is 4.64. The molecule has 0 saturated carbocycles. The molecular formula is C10H8FIN4O. The van der Waals surface area contributed by atoms with Gasteiger partial charge in [-0.05, 0) is 34.7 Å². The third kappa shape index (κ3) is 2.38. The number of hydrogen-bond acceptors (Lipinski definition) is 3. The average molecular weight is 346 g/mol. The van der Waals surface area contributed by atoms with Crippen molar-refractivity contribution in [1.29, 1.82) is 0 Å². The summed E-state index contributed by atoms with van der Waals surface area (Å²) in [5.74, 6) is -0.843. The van der Waals surface area contributed by atoms with Gasteiger partial charge < -0.3 is 11.1 Å². The number of nitrogens with zero attached hydrogens (tertiary/aromatic N) is 1. The molecule has 5 nitrogen and oxygen atoms in total. The maximum Gasteiger partial charge on any atom is 0.275 e. The summed E-state index contributed by atoms with van der Waals surface area (Å²) in [7, 11) is 0. The van der Waals surface area contributed by atoms with Crippen molar-refractivity contribution in [3.8, 4) is 0 Å². The lowest BCUT2D eigenvalue weighted by Crippen LogP contribution is -2.15. The molecule has 1 amide bonds. The quantitative estimate of drug-likeness (QED) is 0.728. The average Bonchev–Trinajstić information content (AvgIpc) is 2.71. The highest BCUT2D eigenvalue weighted by Gasteiger charge is 2.14. The summed E-state index contributed by atoms with van der Waals surface area (Å²) in [5.41, 5.74) is 6.33. The normalized spacial score (nSPS) is 10.2. The molecular weight excluding hydrogens is 338 g/mol. The SMILES string of the molecule is Nc1cn[nH]c1C(=O)Nc1cccc(F)c1I. The zero-order valence-corrected chi connectivity index (χ0v) is 10.7. The Labute approximate surface area is 110 Å². The number of anilines is 2. The van der Waals surface area contributed by atoms with E-state index in [-0.39, 0.29) is 17.2 Å². The summed E-state index contributed by atoms with van der Waals surface area (Å²) < 4.78 is 13.6. The van der Waals surface area contributed by atoms with Crippen molar-refractivity contribution in [3.05, 3.63) is 39.5 Å². The van der Waals surface area contributed by atoms with Crippen molar-refractivity contribution in [3.63, 3.8) is 0 Å². The molecule has 4 N–H and O–H groups in total. The van der Waals surface area contributed by atoms with Gasteiger partial charge in [-0.3, -0.25) is 9.89 Å². The standard InChI is InChI=1S/C10H8FIN4O/c11-5-2-1-3-7(8(5)12)15-10(17)9-6(13)4-14-16-9/h1-4H,13H2,(H,14,16)(H,15,17). The monoisotopic (exact) mass is 346 g/mol. The topological polar surface area (TPSA) is 83.8 Å². The summed E-state index contributed by atoms with van der Waals surface area (Å²) in [4.78, 5) is 11.8. The second-order valence-electron chi connectivity index (χ2n) is 3.26. The van der Waals surface area contributed by atoms with E-state index in [1.54, 1.807) is 6.07 Å². The molecule has 0 spiro atoms. The van der Waals surface area contributed by atoms with E-state index in [4.69, 9.17) is 5.73 Å². The van der Waals surface area contributed by atoms with Gasteiger partial charge in [0.15, 0.2) is 0 Å². The van der Waals surface area contributed by atoms with Crippen LogP contribution in [0.25, 0.3) is 0 Å². The predicted octanol–water partition coefficient (Wildman–Crippen LogP) is 1.99. The minimum Gasteiger partial charge on any atom is -0.396 e. The number of aromatic amines is 1. The fourth-order valence-electron chi connectivity index (χ4n) is 1.26. The molecule has 0 unspecified atom stereocenters. The number of aromatic nitrogens is 2. The van der Waals surface area contributed by atoms with Crippen LogP contribution in [-0.2, 0) is 0 Å². The molecule has 0 bridgehead atoms. The first kappa shape index (κ1) is 11.8. The fourth-order valence-corrected chi connectivity index (χ4v) is 1.76. The lowest BCUT2D eigenvalue weighted by atomic mass is 10.3. The molecule has 2 rings (SSSR count). The number of H-pyrrole nitrogens is 1. The predicted molar refractivity (Wildman–Crippen MR) is 70.1 cm³/mol. The van der Waals surface area contributed by atoms with E-state index in [1.165, 1.54) is 18.3 Å². The van der Waals surface area contributed by atoms with Gasteiger partial charge in [0.05, 0.1) is 21.1 Å². The summed E-state index contributed by atoms with van der Waals surface area (Å²) in [6.45, 7) is 0. The summed E-state index contributed by atoms with van der Waals surface area (Å²) in [6, 6.07) is 4.45. The molecule has 1 aromatic carbocycles. The molecule has 88 valence electrons. The Morgan fingerprint density at radius 2 is 2.29 bits per heavy atom. The molecule has 7 heteroatoms. The van der Waals surface area contributed by atoms with Gasteiger partial charge in [0.1, 0.15) is 11.5 Å². The van der Waals surface area contributed by atoms with Crippen LogP contribution in [0.1, 0.15) is 10.5 Å². The highest BCUT2D eigenvalue weighted by molar-refractivity contribution is 14.1. The Morgan fingerprint density at radius 1 is 1.53 bits per heavy atom. The Balaban J connectivity index is 2.25. The number of carbonyl (C=O) groups excluding carboxylic acids is 1. The number of hydrogen-bond donors (Lipinski definition) is 3.